The predicted molar refractivity (Wildman–Crippen MR) is 153 cm³/mol. The number of aliphatic hydroxyl groups is 3. The summed E-state index contributed by atoms with van der Waals surface area (Å²) in [6.07, 6.45) is -3.71. The van der Waals surface area contributed by atoms with Crippen LogP contribution in [0.5, 0.6) is 0 Å². The second kappa shape index (κ2) is 12.6. The van der Waals surface area contributed by atoms with E-state index in [0.717, 1.165) is 38.2 Å². The van der Waals surface area contributed by atoms with Crippen LogP contribution < -0.4 is 0 Å². The highest BCUT2D eigenvalue weighted by Crippen LogP contribution is 2.64. The first-order chi connectivity index (χ1) is 19.5. The van der Waals surface area contributed by atoms with Crippen LogP contribution in [0.3, 0.4) is 0 Å². The molecule has 0 saturated heterocycles. The van der Waals surface area contributed by atoms with Crippen LogP contribution in [0.15, 0.2) is 47.6 Å². The van der Waals surface area contributed by atoms with Crippen molar-refractivity contribution in [2.75, 3.05) is 0 Å². The molecule has 0 aliphatic heterocycles. The van der Waals surface area contributed by atoms with E-state index in [1.807, 2.05) is 19.1 Å². The zero-order chi connectivity index (χ0) is 32.6. The van der Waals surface area contributed by atoms with Crippen molar-refractivity contribution < 1.29 is 46.1 Å². The van der Waals surface area contributed by atoms with E-state index in [1.165, 1.54) is 5.57 Å². The molecule has 1 unspecified atom stereocenters. The van der Waals surface area contributed by atoms with Gasteiger partial charge < -0.3 is 15.3 Å². The summed E-state index contributed by atoms with van der Waals surface area (Å²) in [5.74, 6) is 0.0882. The van der Waals surface area contributed by atoms with Crippen LogP contribution in [0.4, 0.5) is 30.7 Å². The molecule has 3 N–H and O–H groups in total. The van der Waals surface area contributed by atoms with Gasteiger partial charge in [-0.3, -0.25) is 0 Å². The van der Waals surface area contributed by atoms with Gasteiger partial charge in [0.1, 0.15) is 6.17 Å². The number of hydrogen-bond acceptors (Lipinski definition) is 3. The molecule has 3 aliphatic carbocycles. The molecule has 3 saturated carbocycles. The Kier molecular flexibility index (Phi) is 10.5. The lowest BCUT2D eigenvalue weighted by molar-refractivity contribution is -0.347. The summed E-state index contributed by atoms with van der Waals surface area (Å²) in [4.78, 5) is 0. The Morgan fingerprint density at radius 3 is 2.19 bits per heavy atom. The number of allylic oxidation sites excluding steroid dienone is 5. The standard InChI is InChI=1S/C33H47F7O3/c1-21-23(19-24(41)20-26(21)34)11-10-22-9-6-17-30(5)25(22)12-13-27(30)29(4,15-7-14-28(2,3)42)16-8-18-31(43,32(35,36)37)33(38,39)40/h8,10-11,18,24-27,41-43H,1,6-7,9,12-17,19-20H2,2-5H3/b18-8+,22-10?,23-11-/t24-,25?,26-,27-,29-,30+/m1/s1. The van der Waals surface area contributed by atoms with Gasteiger partial charge in [-0.25, -0.2) is 4.39 Å². The van der Waals surface area contributed by atoms with Gasteiger partial charge in [-0.1, -0.05) is 50.6 Å². The summed E-state index contributed by atoms with van der Waals surface area (Å²) < 4.78 is 94.4. The highest BCUT2D eigenvalue weighted by atomic mass is 19.4. The van der Waals surface area contributed by atoms with Gasteiger partial charge in [-0.05, 0) is 112 Å². The van der Waals surface area contributed by atoms with Gasteiger partial charge in [0.05, 0.1) is 11.7 Å². The molecular formula is C33H47F7O3. The van der Waals surface area contributed by atoms with Crippen LogP contribution in [-0.4, -0.2) is 51.1 Å². The minimum absolute atomic E-state index is 0.0267. The minimum atomic E-state index is -5.93. The summed E-state index contributed by atoms with van der Waals surface area (Å²) in [7, 11) is 0. The second-order valence-electron chi connectivity index (χ2n) is 14.3. The van der Waals surface area contributed by atoms with Gasteiger partial charge in [0.2, 0.25) is 0 Å². The fourth-order valence-corrected chi connectivity index (χ4v) is 8.01. The summed E-state index contributed by atoms with van der Waals surface area (Å²) in [5, 5.41) is 30.0. The van der Waals surface area contributed by atoms with Crippen molar-refractivity contribution in [1.29, 1.82) is 0 Å². The van der Waals surface area contributed by atoms with Crippen molar-refractivity contribution in [3.63, 3.8) is 0 Å². The van der Waals surface area contributed by atoms with Gasteiger partial charge in [0.15, 0.2) is 0 Å². The Morgan fingerprint density at radius 1 is 0.977 bits per heavy atom. The highest BCUT2D eigenvalue weighted by molar-refractivity contribution is 5.39. The summed E-state index contributed by atoms with van der Waals surface area (Å²) in [6.45, 7) is 11.2. The lowest BCUT2D eigenvalue weighted by Gasteiger charge is -2.49. The topological polar surface area (TPSA) is 60.7 Å². The maximum atomic E-state index is 14.3. The summed E-state index contributed by atoms with van der Waals surface area (Å²) >= 11 is 0. The maximum absolute atomic E-state index is 14.3. The van der Waals surface area contributed by atoms with E-state index in [2.05, 4.69) is 13.5 Å². The van der Waals surface area contributed by atoms with Crippen molar-refractivity contribution in [2.24, 2.45) is 22.7 Å². The third-order valence-electron chi connectivity index (χ3n) is 10.4. The molecule has 0 bridgehead atoms. The molecule has 3 fully saturated rings. The fraction of sp³-hybridized carbons (Fsp3) is 0.758. The van der Waals surface area contributed by atoms with Gasteiger partial charge in [0.25, 0.3) is 5.60 Å². The fourth-order valence-electron chi connectivity index (χ4n) is 8.01. The van der Waals surface area contributed by atoms with Crippen molar-refractivity contribution in [3.8, 4) is 0 Å². The average Bonchev–Trinajstić information content (AvgIpc) is 3.21. The first kappa shape index (κ1) is 35.8. The average molecular weight is 625 g/mol. The Morgan fingerprint density at radius 2 is 1.60 bits per heavy atom. The Balaban J connectivity index is 1.93. The number of aliphatic hydroxyl groups excluding tert-OH is 1. The smallest absolute Gasteiger partial charge is 0.393 e. The molecule has 3 aliphatic rings. The number of hydrogen-bond donors (Lipinski definition) is 3. The van der Waals surface area contributed by atoms with Crippen molar-refractivity contribution in [1.82, 2.24) is 0 Å². The molecule has 246 valence electrons. The van der Waals surface area contributed by atoms with Gasteiger partial charge >= 0.3 is 12.4 Å². The van der Waals surface area contributed by atoms with Crippen LogP contribution in [0.1, 0.15) is 98.3 Å². The van der Waals surface area contributed by atoms with E-state index in [-0.39, 0.29) is 36.2 Å². The molecule has 3 nitrogen and oxygen atoms in total. The Bertz CT molecular complexity index is 1080. The molecular weight excluding hydrogens is 577 g/mol. The number of halogens is 7. The largest absolute Gasteiger partial charge is 0.429 e. The van der Waals surface area contributed by atoms with Crippen LogP contribution in [0.2, 0.25) is 0 Å². The number of rotatable bonds is 9. The SMILES string of the molecule is C=C1/C(=C\C=C2CCC[C@@]3(C)C2CC[C@@H]3[C@@](C)(C/C=C/C(O)(C(F)(F)F)C(F)(F)F)CCCC(C)(C)O)C[C@@H](O)C[C@H]1F. The van der Waals surface area contributed by atoms with E-state index in [4.69, 9.17) is 0 Å². The lowest BCUT2D eigenvalue weighted by atomic mass is 9.55. The molecule has 43 heavy (non-hydrogen) atoms. The highest BCUT2D eigenvalue weighted by Gasteiger charge is 2.69. The predicted octanol–water partition coefficient (Wildman–Crippen LogP) is 8.85. The zero-order valence-electron chi connectivity index (χ0n) is 25.6. The van der Waals surface area contributed by atoms with Crippen molar-refractivity contribution in [2.45, 2.75) is 134 Å². The van der Waals surface area contributed by atoms with Crippen molar-refractivity contribution >= 4 is 0 Å². The van der Waals surface area contributed by atoms with E-state index < -0.39 is 41.2 Å². The van der Waals surface area contributed by atoms with E-state index in [9.17, 15) is 46.1 Å². The molecule has 0 radical (unpaired) electrons. The molecule has 0 spiro atoms. The zero-order valence-corrected chi connectivity index (χ0v) is 25.6. The normalized spacial score (nSPS) is 32.9. The number of fused-ring (bicyclic) bond motifs is 1. The van der Waals surface area contributed by atoms with Gasteiger partial charge in [-0.15, -0.1) is 0 Å². The third kappa shape index (κ3) is 7.78. The maximum Gasteiger partial charge on any atom is 0.429 e. The summed E-state index contributed by atoms with van der Waals surface area (Å²) in [6, 6.07) is 0. The van der Waals surface area contributed by atoms with Crippen molar-refractivity contribution in [3.05, 3.63) is 47.6 Å². The summed E-state index contributed by atoms with van der Waals surface area (Å²) in [5.41, 5.74) is -4.69. The third-order valence-corrected chi connectivity index (χ3v) is 10.4. The van der Waals surface area contributed by atoms with Crippen LogP contribution in [-0.2, 0) is 0 Å². The van der Waals surface area contributed by atoms with Gasteiger partial charge in [-0.2, -0.15) is 26.3 Å². The second-order valence-corrected chi connectivity index (χ2v) is 14.3. The lowest BCUT2D eigenvalue weighted by Crippen LogP contribution is -2.55. The van der Waals surface area contributed by atoms with Crippen LogP contribution in [0.25, 0.3) is 0 Å². The molecule has 0 aromatic rings. The van der Waals surface area contributed by atoms with E-state index >= 15 is 0 Å². The quantitative estimate of drug-likeness (QED) is 0.177. The molecule has 10 heteroatoms. The first-order valence-corrected chi connectivity index (χ1v) is 15.2. The molecule has 0 aromatic carbocycles. The van der Waals surface area contributed by atoms with E-state index in [1.54, 1.807) is 13.8 Å². The Labute approximate surface area is 250 Å². The van der Waals surface area contributed by atoms with Crippen LogP contribution in [0, 0.1) is 22.7 Å². The molecule has 0 amide bonds. The molecule has 0 aromatic heterocycles. The monoisotopic (exact) mass is 624 g/mol. The first-order valence-electron chi connectivity index (χ1n) is 15.2. The van der Waals surface area contributed by atoms with Crippen LogP contribution >= 0.6 is 0 Å². The molecule has 0 heterocycles. The Hall–Kier alpha value is -1.65. The van der Waals surface area contributed by atoms with Gasteiger partial charge in [0, 0.05) is 6.42 Å². The molecule has 3 rings (SSSR count). The number of alkyl halides is 7. The molecule has 6 atom stereocenters. The minimum Gasteiger partial charge on any atom is -0.393 e. The van der Waals surface area contributed by atoms with E-state index in [0.29, 0.717) is 36.8 Å².